The van der Waals surface area contributed by atoms with Crippen LogP contribution in [0.5, 0.6) is 0 Å². The molecule has 1 spiro atoms. The minimum atomic E-state index is -0.409. The zero-order chi connectivity index (χ0) is 13.7. The van der Waals surface area contributed by atoms with E-state index in [9.17, 15) is 0 Å². The Balaban J connectivity index is 2.02. The molecule has 1 heterocycles. The van der Waals surface area contributed by atoms with E-state index in [2.05, 4.69) is 26.8 Å². The SMILES string of the molecule is COC1CCC=C2C1(C)CCC1(OCCO1)C2(C)C. The standard InChI is InChI=1S/C16H26O3/c1-14(2)12-6-5-7-13(17-4)15(12,3)8-9-16(14)18-10-11-19-16/h6,13H,5,7-11H2,1-4H3. The van der Waals surface area contributed by atoms with Crippen molar-refractivity contribution < 1.29 is 14.2 Å². The van der Waals surface area contributed by atoms with Crippen molar-refractivity contribution >= 4 is 0 Å². The highest BCUT2D eigenvalue weighted by Crippen LogP contribution is 2.61. The van der Waals surface area contributed by atoms with Crippen LogP contribution >= 0.6 is 0 Å². The summed E-state index contributed by atoms with van der Waals surface area (Å²) in [5.41, 5.74) is 1.54. The summed E-state index contributed by atoms with van der Waals surface area (Å²) in [7, 11) is 1.85. The average Bonchev–Trinajstić information content (AvgIpc) is 2.85. The molecule has 1 aliphatic heterocycles. The van der Waals surface area contributed by atoms with Gasteiger partial charge >= 0.3 is 0 Å². The van der Waals surface area contributed by atoms with Crippen LogP contribution in [0, 0.1) is 10.8 Å². The molecule has 2 aliphatic carbocycles. The Morgan fingerprint density at radius 3 is 2.47 bits per heavy atom. The summed E-state index contributed by atoms with van der Waals surface area (Å²) in [4.78, 5) is 0. The molecule has 0 N–H and O–H groups in total. The van der Waals surface area contributed by atoms with E-state index in [1.54, 1.807) is 0 Å². The number of allylic oxidation sites excluding steroid dienone is 1. The van der Waals surface area contributed by atoms with Crippen LogP contribution in [0.2, 0.25) is 0 Å². The minimum Gasteiger partial charge on any atom is -0.381 e. The van der Waals surface area contributed by atoms with E-state index in [0.717, 1.165) is 38.9 Å². The zero-order valence-corrected chi connectivity index (χ0v) is 12.6. The van der Waals surface area contributed by atoms with Crippen LogP contribution < -0.4 is 0 Å². The lowest BCUT2D eigenvalue weighted by Crippen LogP contribution is -2.57. The third-order valence-electron chi connectivity index (χ3n) is 5.74. The molecule has 3 rings (SSSR count). The Morgan fingerprint density at radius 2 is 1.84 bits per heavy atom. The molecule has 3 heteroatoms. The lowest BCUT2D eigenvalue weighted by Gasteiger charge is -2.57. The lowest BCUT2D eigenvalue weighted by molar-refractivity contribution is -0.245. The van der Waals surface area contributed by atoms with E-state index in [4.69, 9.17) is 14.2 Å². The molecule has 0 amide bonds. The van der Waals surface area contributed by atoms with Crippen molar-refractivity contribution in [3.05, 3.63) is 11.6 Å². The molecule has 0 aromatic heterocycles. The maximum Gasteiger partial charge on any atom is 0.177 e. The molecule has 0 aromatic rings. The van der Waals surface area contributed by atoms with Gasteiger partial charge in [0.1, 0.15) is 0 Å². The lowest BCUT2D eigenvalue weighted by atomic mass is 9.53. The van der Waals surface area contributed by atoms with Crippen LogP contribution in [0.1, 0.15) is 46.5 Å². The van der Waals surface area contributed by atoms with Gasteiger partial charge in [0.25, 0.3) is 0 Å². The summed E-state index contributed by atoms with van der Waals surface area (Å²) in [6.07, 6.45) is 7.02. The second-order valence-electron chi connectivity index (χ2n) is 6.91. The van der Waals surface area contributed by atoms with Gasteiger partial charge in [-0.1, -0.05) is 32.4 Å². The topological polar surface area (TPSA) is 27.7 Å². The molecule has 3 aliphatic rings. The normalized spacial score (nSPS) is 40.0. The molecule has 0 radical (unpaired) electrons. The Bertz CT molecular complexity index is 393. The first-order valence-corrected chi connectivity index (χ1v) is 7.48. The molecule has 2 unspecified atom stereocenters. The zero-order valence-electron chi connectivity index (χ0n) is 12.6. The molecule has 0 aromatic carbocycles. The monoisotopic (exact) mass is 266 g/mol. The molecule has 1 saturated heterocycles. The molecular weight excluding hydrogens is 240 g/mol. The average molecular weight is 266 g/mol. The van der Waals surface area contributed by atoms with Crippen molar-refractivity contribution in [1.82, 2.24) is 0 Å². The Labute approximate surface area is 116 Å². The van der Waals surface area contributed by atoms with Crippen LogP contribution in [0.4, 0.5) is 0 Å². The van der Waals surface area contributed by atoms with Crippen LogP contribution in [0.15, 0.2) is 11.6 Å². The molecule has 2 atom stereocenters. The van der Waals surface area contributed by atoms with Gasteiger partial charge in [0, 0.05) is 24.4 Å². The summed E-state index contributed by atoms with van der Waals surface area (Å²) in [6.45, 7) is 8.36. The van der Waals surface area contributed by atoms with Gasteiger partial charge < -0.3 is 14.2 Å². The van der Waals surface area contributed by atoms with E-state index in [-0.39, 0.29) is 10.8 Å². The number of ether oxygens (including phenoxy) is 3. The maximum absolute atomic E-state index is 6.06. The highest BCUT2D eigenvalue weighted by molar-refractivity contribution is 5.31. The first-order chi connectivity index (χ1) is 8.96. The van der Waals surface area contributed by atoms with Crippen molar-refractivity contribution in [1.29, 1.82) is 0 Å². The van der Waals surface area contributed by atoms with E-state index in [1.165, 1.54) is 5.57 Å². The van der Waals surface area contributed by atoms with Crippen molar-refractivity contribution in [2.45, 2.75) is 58.3 Å². The van der Waals surface area contributed by atoms with E-state index in [0.29, 0.717) is 6.10 Å². The molecule has 1 saturated carbocycles. The first kappa shape index (κ1) is 13.6. The maximum atomic E-state index is 6.06. The fourth-order valence-corrected chi connectivity index (χ4v) is 4.65. The summed E-state index contributed by atoms with van der Waals surface area (Å²) in [5.74, 6) is -0.409. The molecule has 19 heavy (non-hydrogen) atoms. The second-order valence-corrected chi connectivity index (χ2v) is 6.91. The molecular formula is C16H26O3. The Hall–Kier alpha value is -0.380. The van der Waals surface area contributed by atoms with Crippen molar-refractivity contribution in [2.24, 2.45) is 10.8 Å². The van der Waals surface area contributed by atoms with Crippen LogP contribution in [-0.4, -0.2) is 32.2 Å². The van der Waals surface area contributed by atoms with Gasteiger partial charge in [-0.2, -0.15) is 0 Å². The third kappa shape index (κ3) is 1.68. The third-order valence-corrected chi connectivity index (χ3v) is 5.74. The summed E-state index contributed by atoms with van der Waals surface area (Å²) in [5, 5.41) is 0. The van der Waals surface area contributed by atoms with Crippen molar-refractivity contribution in [3.8, 4) is 0 Å². The number of rotatable bonds is 1. The van der Waals surface area contributed by atoms with E-state index >= 15 is 0 Å². The highest BCUT2D eigenvalue weighted by Gasteiger charge is 2.61. The fourth-order valence-electron chi connectivity index (χ4n) is 4.65. The minimum absolute atomic E-state index is 0.0757. The van der Waals surface area contributed by atoms with Crippen LogP contribution in [0.3, 0.4) is 0 Å². The molecule has 108 valence electrons. The fraction of sp³-hybridized carbons (Fsp3) is 0.875. The number of hydrogen-bond acceptors (Lipinski definition) is 3. The van der Waals surface area contributed by atoms with Gasteiger partial charge in [-0.25, -0.2) is 0 Å². The Kier molecular flexibility index (Phi) is 3.08. The van der Waals surface area contributed by atoms with Gasteiger partial charge in [-0.05, 0) is 19.3 Å². The predicted octanol–water partition coefficient (Wildman–Crippen LogP) is 3.29. The summed E-state index contributed by atoms with van der Waals surface area (Å²) < 4.78 is 17.9. The highest BCUT2D eigenvalue weighted by atomic mass is 16.7. The first-order valence-electron chi connectivity index (χ1n) is 7.48. The van der Waals surface area contributed by atoms with Crippen LogP contribution in [0.25, 0.3) is 0 Å². The quantitative estimate of drug-likeness (QED) is 0.682. The predicted molar refractivity (Wildman–Crippen MR) is 73.9 cm³/mol. The van der Waals surface area contributed by atoms with Crippen molar-refractivity contribution in [2.75, 3.05) is 20.3 Å². The van der Waals surface area contributed by atoms with E-state index < -0.39 is 5.79 Å². The van der Waals surface area contributed by atoms with Gasteiger partial charge in [0.2, 0.25) is 0 Å². The summed E-state index contributed by atoms with van der Waals surface area (Å²) >= 11 is 0. The van der Waals surface area contributed by atoms with Crippen LogP contribution in [-0.2, 0) is 14.2 Å². The smallest absolute Gasteiger partial charge is 0.177 e. The summed E-state index contributed by atoms with van der Waals surface area (Å²) in [6, 6.07) is 0. The van der Waals surface area contributed by atoms with Crippen molar-refractivity contribution in [3.63, 3.8) is 0 Å². The van der Waals surface area contributed by atoms with E-state index in [1.807, 2.05) is 7.11 Å². The number of methoxy groups -OCH3 is 1. The van der Waals surface area contributed by atoms with Gasteiger partial charge in [-0.15, -0.1) is 0 Å². The van der Waals surface area contributed by atoms with Gasteiger partial charge in [0.05, 0.1) is 19.3 Å². The second kappa shape index (κ2) is 4.31. The van der Waals surface area contributed by atoms with Gasteiger partial charge in [0.15, 0.2) is 5.79 Å². The number of hydrogen-bond donors (Lipinski definition) is 0. The number of fused-ring (bicyclic) bond motifs is 1. The molecule has 3 nitrogen and oxygen atoms in total. The molecule has 0 bridgehead atoms. The molecule has 2 fully saturated rings. The van der Waals surface area contributed by atoms with Gasteiger partial charge in [-0.3, -0.25) is 0 Å². The Morgan fingerprint density at radius 1 is 1.16 bits per heavy atom. The largest absolute Gasteiger partial charge is 0.381 e.